The van der Waals surface area contributed by atoms with E-state index in [-0.39, 0.29) is 36.2 Å². The van der Waals surface area contributed by atoms with Crippen LogP contribution < -0.4 is 11.1 Å². The van der Waals surface area contributed by atoms with Crippen molar-refractivity contribution in [2.75, 3.05) is 19.6 Å². The standard InChI is InChI=1S/C28H38N4O2.ClH/c1-20(2)26(30-27(33)24(29)17-21-9-5-3-6-10-21)28(34)32-16-14-23-13-15-31(19-25(23)32)18-22-11-7-4-8-12-22;/h3-12,20,23-26H,13-19,29H2,1-2H3,(H,30,33);1H/t23?,24-,25?,26-;/m0./s1. The smallest absolute Gasteiger partial charge is 0.245 e. The number of piperidine rings is 1. The molecule has 0 radical (unpaired) electrons. The zero-order valence-corrected chi connectivity index (χ0v) is 21.6. The van der Waals surface area contributed by atoms with Crippen LogP contribution in [0.4, 0.5) is 0 Å². The van der Waals surface area contributed by atoms with E-state index in [9.17, 15) is 9.59 Å². The summed E-state index contributed by atoms with van der Waals surface area (Å²) in [4.78, 5) is 31.1. The van der Waals surface area contributed by atoms with Crippen molar-refractivity contribution in [2.45, 2.75) is 57.8 Å². The quantitative estimate of drug-likeness (QED) is 0.585. The number of hydrogen-bond donors (Lipinski definition) is 2. The van der Waals surface area contributed by atoms with E-state index in [1.54, 1.807) is 0 Å². The van der Waals surface area contributed by atoms with Gasteiger partial charge >= 0.3 is 0 Å². The fourth-order valence-electron chi connectivity index (χ4n) is 5.38. The average molecular weight is 499 g/mol. The maximum atomic E-state index is 13.7. The van der Waals surface area contributed by atoms with Gasteiger partial charge < -0.3 is 16.0 Å². The summed E-state index contributed by atoms with van der Waals surface area (Å²) in [5.74, 6) is 0.300. The summed E-state index contributed by atoms with van der Waals surface area (Å²) < 4.78 is 0. The number of fused-ring (bicyclic) bond motifs is 1. The first-order chi connectivity index (χ1) is 16.4. The molecule has 2 amide bonds. The van der Waals surface area contributed by atoms with Gasteiger partial charge in [-0.05, 0) is 48.8 Å². The molecule has 6 nitrogen and oxygen atoms in total. The summed E-state index contributed by atoms with van der Waals surface area (Å²) in [6, 6.07) is 19.2. The first-order valence-corrected chi connectivity index (χ1v) is 12.6. The number of carbonyl (C=O) groups excluding carboxylic acids is 2. The molecule has 2 heterocycles. The van der Waals surface area contributed by atoms with Crippen molar-refractivity contribution in [2.24, 2.45) is 17.6 Å². The van der Waals surface area contributed by atoms with Gasteiger partial charge in [0.2, 0.25) is 11.8 Å². The highest BCUT2D eigenvalue weighted by molar-refractivity contribution is 5.90. The fraction of sp³-hybridized carbons (Fsp3) is 0.500. The number of hydrogen-bond acceptors (Lipinski definition) is 4. The van der Waals surface area contributed by atoms with E-state index >= 15 is 0 Å². The Balaban J connectivity index is 0.00000342. The minimum atomic E-state index is -0.682. The molecule has 2 aliphatic heterocycles. The van der Waals surface area contributed by atoms with Gasteiger partial charge in [0.25, 0.3) is 0 Å². The second-order valence-electron chi connectivity index (χ2n) is 10.2. The Kier molecular flexibility index (Phi) is 9.72. The summed E-state index contributed by atoms with van der Waals surface area (Å²) >= 11 is 0. The third kappa shape index (κ3) is 6.84. The van der Waals surface area contributed by atoms with Gasteiger partial charge in [-0.3, -0.25) is 14.5 Å². The van der Waals surface area contributed by atoms with E-state index in [2.05, 4.69) is 34.5 Å². The number of halogens is 1. The summed E-state index contributed by atoms with van der Waals surface area (Å²) in [5, 5.41) is 2.99. The van der Waals surface area contributed by atoms with Crippen LogP contribution in [0.15, 0.2) is 60.7 Å². The Morgan fingerprint density at radius 2 is 1.57 bits per heavy atom. The van der Waals surface area contributed by atoms with Crippen LogP contribution in [-0.2, 0) is 22.6 Å². The van der Waals surface area contributed by atoms with Crippen molar-refractivity contribution in [3.63, 3.8) is 0 Å². The molecular formula is C28H39ClN4O2. The van der Waals surface area contributed by atoms with Crippen molar-refractivity contribution in [3.8, 4) is 0 Å². The minimum Gasteiger partial charge on any atom is -0.343 e. The lowest BCUT2D eigenvalue weighted by Crippen LogP contribution is -2.58. The molecule has 0 aliphatic carbocycles. The first kappa shape index (κ1) is 27.2. The lowest BCUT2D eigenvalue weighted by atomic mass is 9.91. The molecule has 3 N–H and O–H groups in total. The topological polar surface area (TPSA) is 78.7 Å². The Morgan fingerprint density at radius 1 is 0.971 bits per heavy atom. The number of nitrogens with zero attached hydrogens (tertiary/aromatic N) is 2. The Morgan fingerprint density at radius 3 is 2.20 bits per heavy atom. The highest BCUT2D eigenvalue weighted by Crippen LogP contribution is 2.33. The molecule has 190 valence electrons. The lowest BCUT2D eigenvalue weighted by molar-refractivity contribution is -0.139. The minimum absolute atomic E-state index is 0. The van der Waals surface area contributed by atoms with Gasteiger partial charge in [-0.25, -0.2) is 0 Å². The summed E-state index contributed by atoms with van der Waals surface area (Å²) in [5.41, 5.74) is 8.52. The molecule has 0 spiro atoms. The predicted octanol–water partition coefficient (Wildman–Crippen LogP) is 3.24. The normalized spacial score (nSPS) is 21.7. The molecule has 2 saturated heterocycles. The predicted molar refractivity (Wildman–Crippen MR) is 142 cm³/mol. The summed E-state index contributed by atoms with van der Waals surface area (Å²) in [7, 11) is 0. The van der Waals surface area contributed by atoms with E-state index < -0.39 is 12.1 Å². The van der Waals surface area contributed by atoms with Gasteiger partial charge in [-0.1, -0.05) is 74.5 Å². The number of nitrogens with two attached hydrogens (primary N) is 1. The molecule has 0 bridgehead atoms. The molecule has 4 rings (SSSR count). The van der Waals surface area contributed by atoms with Gasteiger partial charge in [0, 0.05) is 25.7 Å². The second-order valence-corrected chi connectivity index (χ2v) is 10.2. The monoisotopic (exact) mass is 498 g/mol. The number of rotatable bonds is 8. The maximum absolute atomic E-state index is 13.7. The number of benzene rings is 2. The van der Waals surface area contributed by atoms with Crippen LogP contribution >= 0.6 is 12.4 Å². The lowest BCUT2D eigenvalue weighted by Gasteiger charge is -2.40. The highest BCUT2D eigenvalue weighted by Gasteiger charge is 2.43. The number of likely N-dealkylation sites (tertiary alicyclic amines) is 2. The van der Waals surface area contributed by atoms with Crippen molar-refractivity contribution in [1.29, 1.82) is 0 Å². The Hall–Kier alpha value is -2.41. The van der Waals surface area contributed by atoms with Crippen molar-refractivity contribution >= 4 is 24.2 Å². The summed E-state index contributed by atoms with van der Waals surface area (Å²) in [6.45, 7) is 7.60. The third-order valence-corrected chi connectivity index (χ3v) is 7.34. The van der Waals surface area contributed by atoms with Gasteiger partial charge in [-0.2, -0.15) is 0 Å². The summed E-state index contributed by atoms with van der Waals surface area (Å²) in [6.07, 6.45) is 2.61. The molecule has 2 fully saturated rings. The number of amides is 2. The van der Waals surface area contributed by atoms with Crippen LogP contribution in [0.1, 0.15) is 37.8 Å². The van der Waals surface area contributed by atoms with Gasteiger partial charge in [0.1, 0.15) is 6.04 Å². The van der Waals surface area contributed by atoms with Crippen LogP contribution in [0.3, 0.4) is 0 Å². The van der Waals surface area contributed by atoms with Crippen LogP contribution in [0.2, 0.25) is 0 Å². The molecule has 2 aromatic carbocycles. The third-order valence-electron chi connectivity index (χ3n) is 7.34. The molecule has 2 unspecified atom stereocenters. The molecule has 2 aromatic rings. The van der Waals surface area contributed by atoms with Crippen LogP contribution in [-0.4, -0.2) is 59.4 Å². The van der Waals surface area contributed by atoms with Crippen molar-refractivity contribution < 1.29 is 9.59 Å². The molecule has 7 heteroatoms. The second kappa shape index (κ2) is 12.5. The van der Waals surface area contributed by atoms with E-state index in [0.717, 1.165) is 44.6 Å². The van der Waals surface area contributed by atoms with E-state index in [1.165, 1.54) is 5.56 Å². The van der Waals surface area contributed by atoms with Crippen LogP contribution in [0, 0.1) is 11.8 Å². The Labute approximate surface area is 215 Å². The van der Waals surface area contributed by atoms with Crippen molar-refractivity contribution in [1.82, 2.24) is 15.1 Å². The van der Waals surface area contributed by atoms with Gasteiger partial charge in [0.15, 0.2) is 0 Å². The number of carbonyl (C=O) groups is 2. The SMILES string of the molecule is CC(C)[C@H](NC(=O)[C@@H](N)Cc1ccccc1)C(=O)N1CCC2CCN(Cc3ccccc3)CC21.Cl. The molecule has 4 atom stereocenters. The highest BCUT2D eigenvalue weighted by atomic mass is 35.5. The largest absolute Gasteiger partial charge is 0.343 e. The first-order valence-electron chi connectivity index (χ1n) is 12.6. The van der Waals surface area contributed by atoms with E-state index in [0.29, 0.717) is 12.3 Å². The Bertz CT molecular complexity index is 956. The zero-order valence-electron chi connectivity index (χ0n) is 20.8. The zero-order chi connectivity index (χ0) is 24.1. The van der Waals surface area contributed by atoms with Gasteiger partial charge in [-0.15, -0.1) is 12.4 Å². The molecule has 2 aliphatic rings. The van der Waals surface area contributed by atoms with E-state index in [1.807, 2.05) is 55.1 Å². The molecule has 0 saturated carbocycles. The van der Waals surface area contributed by atoms with Gasteiger partial charge in [0.05, 0.1) is 6.04 Å². The van der Waals surface area contributed by atoms with Crippen LogP contribution in [0.25, 0.3) is 0 Å². The maximum Gasteiger partial charge on any atom is 0.245 e. The van der Waals surface area contributed by atoms with E-state index in [4.69, 9.17) is 5.73 Å². The molecule has 35 heavy (non-hydrogen) atoms. The fourth-order valence-corrected chi connectivity index (χ4v) is 5.38. The molecule has 0 aromatic heterocycles. The molecular weight excluding hydrogens is 460 g/mol. The van der Waals surface area contributed by atoms with Crippen molar-refractivity contribution in [3.05, 3.63) is 71.8 Å². The number of nitrogens with one attached hydrogen (secondary N) is 1. The van der Waals surface area contributed by atoms with Crippen LogP contribution in [0.5, 0.6) is 0 Å². The average Bonchev–Trinajstić information content (AvgIpc) is 3.26.